The van der Waals surface area contributed by atoms with Crippen molar-refractivity contribution in [3.05, 3.63) is 46.5 Å². The third-order valence-corrected chi connectivity index (χ3v) is 5.21. The maximum absolute atomic E-state index is 12.3. The van der Waals surface area contributed by atoms with Gasteiger partial charge < -0.3 is 4.90 Å². The zero-order chi connectivity index (χ0) is 16.9. The second-order valence-electron chi connectivity index (χ2n) is 6.09. The molecule has 5 nitrogen and oxygen atoms in total. The number of aryl methyl sites for hydroxylation is 1. The lowest BCUT2D eigenvalue weighted by molar-refractivity contribution is -0.132. The van der Waals surface area contributed by atoms with Crippen LogP contribution in [0.5, 0.6) is 0 Å². The Morgan fingerprint density at radius 3 is 2.67 bits per heavy atom. The van der Waals surface area contributed by atoms with E-state index in [0.29, 0.717) is 22.5 Å². The first-order valence-corrected chi connectivity index (χ1v) is 8.95. The topological polar surface area (TPSA) is 51.0 Å². The summed E-state index contributed by atoms with van der Waals surface area (Å²) in [5.41, 5.74) is 1.11. The highest BCUT2D eigenvalue weighted by atomic mass is 35.5. The highest BCUT2D eigenvalue weighted by molar-refractivity contribution is 6.42. The second kappa shape index (κ2) is 7.99. The van der Waals surface area contributed by atoms with Crippen LogP contribution in [0.15, 0.2) is 30.9 Å². The molecule has 0 atom stereocenters. The Hall–Kier alpha value is -1.59. The first-order valence-electron chi connectivity index (χ1n) is 8.19. The number of likely N-dealkylation sites (tertiary alicyclic amines) is 1. The Kier molecular flexibility index (Phi) is 5.74. The third-order valence-electron chi connectivity index (χ3n) is 4.47. The fourth-order valence-corrected chi connectivity index (χ4v) is 3.40. The average Bonchev–Trinajstić information content (AvgIpc) is 3.13. The number of rotatable bonds is 5. The van der Waals surface area contributed by atoms with Gasteiger partial charge in [0.15, 0.2) is 0 Å². The lowest BCUT2D eigenvalue weighted by Gasteiger charge is -2.32. The Morgan fingerprint density at radius 2 is 2.00 bits per heavy atom. The van der Waals surface area contributed by atoms with Crippen LogP contribution in [-0.4, -0.2) is 38.7 Å². The van der Waals surface area contributed by atoms with E-state index < -0.39 is 0 Å². The molecule has 7 heteroatoms. The van der Waals surface area contributed by atoms with Crippen molar-refractivity contribution in [1.82, 2.24) is 19.7 Å². The van der Waals surface area contributed by atoms with Crippen molar-refractivity contribution in [3.8, 4) is 0 Å². The normalized spacial score (nSPS) is 15.7. The molecule has 1 amide bonds. The van der Waals surface area contributed by atoms with E-state index in [1.54, 1.807) is 18.7 Å². The first kappa shape index (κ1) is 17.2. The summed E-state index contributed by atoms with van der Waals surface area (Å²) in [6, 6.07) is 5.99. The van der Waals surface area contributed by atoms with Crippen molar-refractivity contribution in [3.63, 3.8) is 0 Å². The maximum Gasteiger partial charge on any atom is 0.222 e. The monoisotopic (exact) mass is 366 g/mol. The number of carbonyl (C=O) groups excluding carboxylic acids is 1. The average molecular weight is 367 g/mol. The number of aromatic nitrogens is 3. The lowest BCUT2D eigenvalue weighted by Crippen LogP contribution is -2.39. The number of amides is 1. The van der Waals surface area contributed by atoms with Gasteiger partial charge in [0.05, 0.1) is 16.1 Å². The number of nitrogens with zero attached hydrogens (tertiary/aromatic N) is 4. The predicted molar refractivity (Wildman–Crippen MR) is 94.3 cm³/mol. The summed E-state index contributed by atoms with van der Waals surface area (Å²) in [4.78, 5) is 18.3. The van der Waals surface area contributed by atoms with Crippen molar-refractivity contribution < 1.29 is 4.79 Å². The van der Waals surface area contributed by atoms with Crippen LogP contribution in [0.4, 0.5) is 0 Å². The fraction of sp³-hybridized carbons (Fsp3) is 0.471. The number of halogens is 2. The van der Waals surface area contributed by atoms with E-state index in [1.807, 2.05) is 21.7 Å². The van der Waals surface area contributed by atoms with Crippen LogP contribution in [0.2, 0.25) is 10.0 Å². The molecule has 0 unspecified atom stereocenters. The van der Waals surface area contributed by atoms with Crippen molar-refractivity contribution in [1.29, 1.82) is 0 Å². The Morgan fingerprint density at radius 1 is 1.21 bits per heavy atom. The second-order valence-corrected chi connectivity index (χ2v) is 6.90. The van der Waals surface area contributed by atoms with Crippen LogP contribution in [0.3, 0.4) is 0 Å². The van der Waals surface area contributed by atoms with Crippen molar-refractivity contribution in [2.45, 2.75) is 38.1 Å². The van der Waals surface area contributed by atoms with Crippen molar-refractivity contribution >= 4 is 29.1 Å². The molecule has 3 rings (SSSR count). The van der Waals surface area contributed by atoms with E-state index in [2.05, 4.69) is 10.1 Å². The third kappa shape index (κ3) is 4.28. The molecule has 0 spiro atoms. The molecule has 128 valence electrons. The largest absolute Gasteiger partial charge is 0.343 e. The Bertz CT molecular complexity index is 682. The molecule has 1 aromatic carbocycles. The van der Waals surface area contributed by atoms with Crippen LogP contribution in [0, 0.1) is 0 Å². The minimum Gasteiger partial charge on any atom is -0.343 e. The van der Waals surface area contributed by atoms with Crippen LogP contribution in [0.25, 0.3) is 0 Å². The van der Waals surface area contributed by atoms with E-state index in [1.165, 1.54) is 0 Å². The molecular weight excluding hydrogens is 347 g/mol. The molecule has 2 heterocycles. The van der Waals surface area contributed by atoms with Crippen LogP contribution < -0.4 is 0 Å². The molecular formula is C17H20Cl2N4O. The molecule has 0 saturated carbocycles. The minimum atomic E-state index is 0.229. The fourth-order valence-electron chi connectivity index (χ4n) is 3.08. The number of hydrogen-bond acceptors (Lipinski definition) is 3. The molecule has 1 fully saturated rings. The summed E-state index contributed by atoms with van der Waals surface area (Å²) in [7, 11) is 0. The van der Waals surface area contributed by atoms with Crippen molar-refractivity contribution in [2.75, 3.05) is 13.1 Å². The smallest absolute Gasteiger partial charge is 0.222 e. The molecule has 1 aromatic heterocycles. The summed E-state index contributed by atoms with van der Waals surface area (Å²) in [5, 5.41) is 5.32. The summed E-state index contributed by atoms with van der Waals surface area (Å²) < 4.78 is 1.89. The van der Waals surface area contributed by atoms with Gasteiger partial charge in [-0.05, 0) is 43.4 Å². The molecule has 0 N–H and O–H groups in total. The summed E-state index contributed by atoms with van der Waals surface area (Å²) in [6.07, 6.45) is 7.38. The molecule has 1 aliphatic rings. The summed E-state index contributed by atoms with van der Waals surface area (Å²) in [6.45, 7) is 1.58. The highest BCUT2D eigenvalue weighted by Crippen LogP contribution is 2.24. The minimum absolute atomic E-state index is 0.229. The van der Waals surface area contributed by atoms with Crippen LogP contribution >= 0.6 is 23.2 Å². The van der Waals surface area contributed by atoms with Gasteiger partial charge in [0.25, 0.3) is 0 Å². The van der Waals surface area contributed by atoms with Crippen LogP contribution in [-0.2, 0) is 11.2 Å². The molecule has 0 bridgehead atoms. The van der Waals surface area contributed by atoms with E-state index in [9.17, 15) is 4.79 Å². The highest BCUT2D eigenvalue weighted by Gasteiger charge is 2.23. The molecule has 1 saturated heterocycles. The number of piperidine rings is 1. The summed E-state index contributed by atoms with van der Waals surface area (Å²) >= 11 is 11.9. The van der Waals surface area contributed by atoms with E-state index in [-0.39, 0.29) is 5.91 Å². The maximum atomic E-state index is 12.3. The summed E-state index contributed by atoms with van der Waals surface area (Å²) in [5.74, 6) is 0.229. The zero-order valence-electron chi connectivity index (χ0n) is 13.4. The Labute approximate surface area is 151 Å². The first-order chi connectivity index (χ1) is 11.6. The van der Waals surface area contributed by atoms with Gasteiger partial charge in [-0.2, -0.15) is 5.10 Å². The molecule has 0 aliphatic carbocycles. The van der Waals surface area contributed by atoms with Crippen molar-refractivity contribution in [2.24, 2.45) is 0 Å². The molecule has 2 aromatic rings. The van der Waals surface area contributed by atoms with Gasteiger partial charge in [-0.15, -0.1) is 0 Å². The number of hydrogen-bond donors (Lipinski definition) is 0. The lowest BCUT2D eigenvalue weighted by atomic mass is 10.0. The standard InChI is InChI=1S/C17H20Cl2N4O/c18-15-5-4-13(10-16(15)19)2-1-3-17(24)22-8-6-14(7-9-22)23-12-20-11-21-23/h4-5,10-12,14H,1-3,6-9H2. The molecule has 1 aliphatic heterocycles. The van der Waals surface area contributed by atoms with Gasteiger partial charge in [0, 0.05) is 19.5 Å². The predicted octanol–water partition coefficient (Wildman–Crippen LogP) is 3.77. The van der Waals surface area contributed by atoms with Gasteiger partial charge in [0.1, 0.15) is 12.7 Å². The van der Waals surface area contributed by atoms with E-state index >= 15 is 0 Å². The van der Waals surface area contributed by atoms with Gasteiger partial charge in [-0.3, -0.25) is 4.79 Å². The van der Waals surface area contributed by atoms with Gasteiger partial charge >= 0.3 is 0 Å². The SMILES string of the molecule is O=C(CCCc1ccc(Cl)c(Cl)c1)N1CCC(n2cncn2)CC1. The van der Waals surface area contributed by atoms with Gasteiger partial charge in [0.2, 0.25) is 5.91 Å². The van der Waals surface area contributed by atoms with Gasteiger partial charge in [-0.25, -0.2) is 9.67 Å². The van der Waals surface area contributed by atoms with Gasteiger partial charge in [-0.1, -0.05) is 29.3 Å². The zero-order valence-corrected chi connectivity index (χ0v) is 14.9. The Balaban J connectivity index is 1.42. The quantitative estimate of drug-likeness (QED) is 0.808. The van der Waals surface area contributed by atoms with E-state index in [4.69, 9.17) is 23.2 Å². The van der Waals surface area contributed by atoms with Crippen LogP contribution in [0.1, 0.15) is 37.3 Å². The van der Waals surface area contributed by atoms with E-state index in [0.717, 1.165) is 44.3 Å². The molecule has 24 heavy (non-hydrogen) atoms. The number of benzene rings is 1. The number of carbonyl (C=O) groups is 1. The molecule has 0 radical (unpaired) electrons.